The number of hydrogen-bond donors (Lipinski definition) is 0. The van der Waals surface area contributed by atoms with Crippen molar-refractivity contribution in [2.45, 2.75) is 19.3 Å². The van der Waals surface area contributed by atoms with E-state index in [0.29, 0.717) is 0 Å². The molecule has 0 unspecified atom stereocenters. The lowest BCUT2D eigenvalue weighted by atomic mass is 9.82. The van der Waals surface area contributed by atoms with Gasteiger partial charge in [0.05, 0.1) is 5.39 Å². The molecule has 1 aliphatic carbocycles. The number of hydrogen-bond acceptors (Lipinski definition) is 3. The number of rotatable bonds is 3. The minimum atomic E-state index is -0.115. The van der Waals surface area contributed by atoms with Gasteiger partial charge in [-0.2, -0.15) is 0 Å². The van der Waals surface area contributed by atoms with E-state index in [0.717, 1.165) is 71.7 Å². The smallest absolute Gasteiger partial charge is 0.147 e. The first-order chi connectivity index (χ1) is 24.5. The molecule has 0 radical (unpaired) electrons. The molecule has 2 aromatic heterocycles. The van der Waals surface area contributed by atoms with Crippen molar-refractivity contribution in [3.8, 4) is 11.1 Å². The van der Waals surface area contributed by atoms with Gasteiger partial charge in [-0.25, -0.2) is 0 Å². The van der Waals surface area contributed by atoms with Gasteiger partial charge in [-0.3, -0.25) is 0 Å². The van der Waals surface area contributed by atoms with Crippen molar-refractivity contribution in [1.29, 1.82) is 0 Å². The molecule has 0 bridgehead atoms. The third kappa shape index (κ3) is 3.69. The van der Waals surface area contributed by atoms with Gasteiger partial charge in [0, 0.05) is 44.0 Å². The van der Waals surface area contributed by atoms with Crippen LogP contribution in [0.2, 0.25) is 0 Å². The molecule has 10 aromatic rings. The van der Waals surface area contributed by atoms with Crippen LogP contribution in [-0.2, 0) is 5.41 Å². The predicted molar refractivity (Wildman–Crippen MR) is 208 cm³/mol. The molecule has 8 aromatic carbocycles. The molecule has 236 valence electrons. The molecule has 0 fully saturated rings. The zero-order valence-electron chi connectivity index (χ0n) is 27.7. The van der Waals surface area contributed by atoms with Crippen LogP contribution in [-0.4, -0.2) is 0 Å². The van der Waals surface area contributed by atoms with Crippen LogP contribution in [0, 0.1) is 0 Å². The number of fused-ring (bicyclic) bond motifs is 14. The maximum atomic E-state index is 6.72. The third-order valence-electron chi connectivity index (χ3n) is 11.0. The van der Waals surface area contributed by atoms with Crippen molar-refractivity contribution in [2.24, 2.45) is 0 Å². The largest absolute Gasteiger partial charge is 0.455 e. The SMILES string of the molecule is CC1(C)c2ccccc2-c2ccc(N(c3ccc4ccccc4c3)c3ccc4oc5c6ccccc6c6c7ccccc7oc6c5c4c3)cc21. The van der Waals surface area contributed by atoms with Gasteiger partial charge >= 0.3 is 0 Å². The van der Waals surface area contributed by atoms with Gasteiger partial charge in [-0.1, -0.05) is 117 Å². The molecule has 11 rings (SSSR count). The van der Waals surface area contributed by atoms with E-state index in [1.165, 1.54) is 33.0 Å². The second-order valence-corrected chi connectivity index (χ2v) is 14.1. The van der Waals surface area contributed by atoms with E-state index in [1.54, 1.807) is 0 Å². The van der Waals surface area contributed by atoms with Gasteiger partial charge in [-0.05, 0) is 86.9 Å². The van der Waals surface area contributed by atoms with Crippen molar-refractivity contribution in [1.82, 2.24) is 0 Å². The standard InChI is InChI=1S/C47H31NO2/c1-47(2)39-17-9-7-13-33(39)34-23-21-32(27-40(34)47)48(30-20-19-28-11-3-4-12-29(28)25-30)31-22-24-42-38(26-31)44-45(49-42)36-15-6-5-14-35(36)43-37-16-8-10-18-41(37)50-46(43)44/h3-27H,1-2H3. The number of benzene rings is 8. The lowest BCUT2D eigenvalue weighted by molar-refractivity contribution is 0.660. The molecule has 0 N–H and O–H groups in total. The molecular weight excluding hydrogens is 611 g/mol. The fraction of sp³-hybridized carbons (Fsp3) is 0.0638. The number of anilines is 3. The minimum Gasteiger partial charge on any atom is -0.455 e. The normalized spacial score (nSPS) is 13.6. The Morgan fingerprint density at radius 2 is 1.04 bits per heavy atom. The molecular formula is C47H31NO2. The molecule has 50 heavy (non-hydrogen) atoms. The van der Waals surface area contributed by atoms with Gasteiger partial charge in [-0.15, -0.1) is 0 Å². The van der Waals surface area contributed by atoms with E-state index in [-0.39, 0.29) is 5.41 Å². The van der Waals surface area contributed by atoms with Crippen LogP contribution in [0.15, 0.2) is 160 Å². The van der Waals surface area contributed by atoms with Crippen molar-refractivity contribution >= 4 is 82.5 Å². The summed E-state index contributed by atoms with van der Waals surface area (Å²) in [4.78, 5) is 2.39. The average molecular weight is 642 g/mol. The van der Waals surface area contributed by atoms with Crippen molar-refractivity contribution in [2.75, 3.05) is 4.90 Å². The van der Waals surface area contributed by atoms with E-state index < -0.39 is 0 Å². The monoisotopic (exact) mass is 641 g/mol. The Morgan fingerprint density at radius 1 is 0.420 bits per heavy atom. The van der Waals surface area contributed by atoms with Crippen molar-refractivity contribution in [3.63, 3.8) is 0 Å². The van der Waals surface area contributed by atoms with Crippen LogP contribution >= 0.6 is 0 Å². The van der Waals surface area contributed by atoms with Crippen LogP contribution in [0.4, 0.5) is 17.1 Å². The lowest BCUT2D eigenvalue weighted by Crippen LogP contribution is -2.16. The summed E-state index contributed by atoms with van der Waals surface area (Å²) in [5, 5.41) is 8.94. The highest BCUT2D eigenvalue weighted by molar-refractivity contribution is 6.33. The summed E-state index contributed by atoms with van der Waals surface area (Å²) in [5.41, 5.74) is 11.9. The van der Waals surface area contributed by atoms with E-state index in [4.69, 9.17) is 8.83 Å². The Balaban J connectivity index is 1.20. The minimum absolute atomic E-state index is 0.115. The third-order valence-corrected chi connectivity index (χ3v) is 11.0. The first-order valence-electron chi connectivity index (χ1n) is 17.3. The molecule has 0 spiro atoms. The van der Waals surface area contributed by atoms with Crippen LogP contribution in [0.1, 0.15) is 25.0 Å². The zero-order valence-corrected chi connectivity index (χ0v) is 27.7. The summed E-state index contributed by atoms with van der Waals surface area (Å²) in [6.07, 6.45) is 0. The topological polar surface area (TPSA) is 29.5 Å². The molecule has 2 heterocycles. The van der Waals surface area contributed by atoms with Crippen LogP contribution in [0.3, 0.4) is 0 Å². The Bertz CT molecular complexity index is 3030. The van der Waals surface area contributed by atoms with Gasteiger partial charge in [0.1, 0.15) is 22.3 Å². The van der Waals surface area contributed by atoms with E-state index in [9.17, 15) is 0 Å². The van der Waals surface area contributed by atoms with Crippen molar-refractivity contribution < 1.29 is 8.83 Å². The second-order valence-electron chi connectivity index (χ2n) is 14.1. The molecule has 1 aliphatic rings. The highest BCUT2D eigenvalue weighted by Crippen LogP contribution is 2.51. The maximum absolute atomic E-state index is 6.72. The predicted octanol–water partition coefficient (Wildman–Crippen LogP) is 13.6. The first-order valence-corrected chi connectivity index (χ1v) is 17.3. The van der Waals surface area contributed by atoms with Gasteiger partial charge in [0.15, 0.2) is 0 Å². The zero-order chi connectivity index (χ0) is 33.1. The molecule has 3 nitrogen and oxygen atoms in total. The molecule has 0 atom stereocenters. The first kappa shape index (κ1) is 27.6. The summed E-state index contributed by atoms with van der Waals surface area (Å²) in [6.45, 7) is 4.68. The Hall–Kier alpha value is -6.32. The van der Waals surface area contributed by atoms with E-state index in [2.05, 4.69) is 164 Å². The molecule has 0 saturated heterocycles. The fourth-order valence-electron chi connectivity index (χ4n) is 8.62. The Kier molecular flexibility index (Phi) is 5.45. The second kappa shape index (κ2) is 9.87. The molecule has 0 amide bonds. The summed E-state index contributed by atoms with van der Waals surface area (Å²) < 4.78 is 13.4. The van der Waals surface area contributed by atoms with Crippen LogP contribution in [0.5, 0.6) is 0 Å². The average Bonchev–Trinajstić information content (AvgIpc) is 3.80. The highest BCUT2D eigenvalue weighted by Gasteiger charge is 2.35. The molecule has 0 aliphatic heterocycles. The number of furan rings is 2. The Morgan fingerprint density at radius 3 is 1.94 bits per heavy atom. The quantitative estimate of drug-likeness (QED) is 0.192. The van der Waals surface area contributed by atoms with Gasteiger partial charge in [0.25, 0.3) is 0 Å². The summed E-state index contributed by atoms with van der Waals surface area (Å²) >= 11 is 0. The fourth-order valence-corrected chi connectivity index (χ4v) is 8.62. The van der Waals surface area contributed by atoms with E-state index >= 15 is 0 Å². The highest BCUT2D eigenvalue weighted by atomic mass is 16.3. The summed E-state index contributed by atoms with van der Waals surface area (Å²) in [6, 6.07) is 54.6. The number of nitrogens with zero attached hydrogens (tertiary/aromatic N) is 1. The van der Waals surface area contributed by atoms with Gasteiger partial charge < -0.3 is 13.7 Å². The van der Waals surface area contributed by atoms with Gasteiger partial charge in [0.2, 0.25) is 0 Å². The van der Waals surface area contributed by atoms with Crippen LogP contribution < -0.4 is 4.90 Å². The van der Waals surface area contributed by atoms with Crippen LogP contribution in [0.25, 0.3) is 76.5 Å². The van der Waals surface area contributed by atoms with Crippen molar-refractivity contribution in [3.05, 3.63) is 163 Å². The van der Waals surface area contributed by atoms with E-state index in [1.807, 2.05) is 6.07 Å². The maximum Gasteiger partial charge on any atom is 0.147 e. The number of para-hydroxylation sites is 1. The molecule has 0 saturated carbocycles. The molecule has 3 heteroatoms. The summed E-state index contributed by atoms with van der Waals surface area (Å²) in [7, 11) is 0. The summed E-state index contributed by atoms with van der Waals surface area (Å²) in [5.74, 6) is 0. The Labute approximate surface area is 288 Å². The lowest BCUT2D eigenvalue weighted by Gasteiger charge is -2.28.